The molecule has 0 saturated heterocycles. The van der Waals surface area contributed by atoms with Crippen molar-refractivity contribution in [3.8, 4) is 17.2 Å². The molecule has 2 aromatic carbocycles. The van der Waals surface area contributed by atoms with E-state index >= 15 is 0 Å². The molecule has 0 saturated carbocycles. The Morgan fingerprint density at radius 3 is 2.57 bits per heavy atom. The van der Waals surface area contributed by atoms with Crippen molar-refractivity contribution in [2.24, 2.45) is 4.40 Å². The molecule has 0 atom stereocenters. The zero-order valence-electron chi connectivity index (χ0n) is 10.6. The van der Waals surface area contributed by atoms with Crippen LogP contribution in [0.4, 0.5) is 5.69 Å². The van der Waals surface area contributed by atoms with Crippen molar-refractivity contribution < 1.29 is 9.11 Å². The fourth-order valence-corrected chi connectivity index (χ4v) is 3.66. The summed E-state index contributed by atoms with van der Waals surface area (Å²) in [7, 11) is -3.33. The summed E-state index contributed by atoms with van der Waals surface area (Å²) in [6.07, 6.45) is 0. The summed E-state index contributed by atoms with van der Waals surface area (Å²) in [4.78, 5) is 0.261. The Labute approximate surface area is 128 Å². The zero-order chi connectivity index (χ0) is 15.0. The molecule has 0 unspecified atom stereocenters. The molecule has 2 aromatic rings. The first-order valence-electron chi connectivity index (χ1n) is 5.96. The van der Waals surface area contributed by atoms with E-state index in [9.17, 15) is 14.4 Å². The van der Waals surface area contributed by atoms with Gasteiger partial charge in [0.05, 0.1) is 17.3 Å². The second kappa shape index (κ2) is 5.06. The summed E-state index contributed by atoms with van der Waals surface area (Å²) in [5.74, 6) is 0. The standard InChI is InChI=1S/C14H10ClN3O2S/c15-14-17-13-11(10-5-2-1-4-9(10)8-16)6-3-7-12(13)21(19,20)18-14/h1-7,19-20H,(H,17,18). The molecule has 0 aromatic heterocycles. The SMILES string of the molecule is N#Cc1ccccc1-c1cccc2c1NC(Cl)=NS2(O)O. The van der Waals surface area contributed by atoms with Crippen molar-refractivity contribution in [3.63, 3.8) is 0 Å². The van der Waals surface area contributed by atoms with Gasteiger partial charge in [0.15, 0.2) is 0 Å². The van der Waals surface area contributed by atoms with Gasteiger partial charge in [-0.05, 0) is 23.7 Å². The fraction of sp³-hybridized carbons (Fsp3) is 0. The lowest BCUT2D eigenvalue weighted by atomic mass is 9.99. The van der Waals surface area contributed by atoms with Crippen LogP contribution in [0.25, 0.3) is 11.1 Å². The summed E-state index contributed by atoms with van der Waals surface area (Å²) in [5.41, 5.74) is 2.30. The first-order valence-corrected chi connectivity index (χ1v) is 7.84. The number of para-hydroxylation sites is 1. The molecule has 0 radical (unpaired) electrons. The van der Waals surface area contributed by atoms with E-state index in [2.05, 4.69) is 15.8 Å². The smallest absolute Gasteiger partial charge is 0.218 e. The van der Waals surface area contributed by atoms with Crippen LogP contribution in [0, 0.1) is 11.3 Å². The summed E-state index contributed by atoms with van der Waals surface area (Å²) in [6, 6.07) is 14.2. The lowest BCUT2D eigenvalue weighted by Crippen LogP contribution is -2.16. The maximum atomic E-state index is 10.1. The van der Waals surface area contributed by atoms with Gasteiger partial charge in [-0.15, -0.1) is 4.40 Å². The maximum Gasteiger partial charge on any atom is 0.218 e. The first-order chi connectivity index (χ1) is 10.0. The molecule has 1 aliphatic rings. The number of fused-ring (bicyclic) bond motifs is 1. The van der Waals surface area contributed by atoms with E-state index in [1.54, 1.807) is 36.4 Å². The Kier molecular flexibility index (Phi) is 3.35. The van der Waals surface area contributed by atoms with Gasteiger partial charge < -0.3 is 5.32 Å². The van der Waals surface area contributed by atoms with Crippen molar-refractivity contribution in [1.82, 2.24) is 0 Å². The van der Waals surface area contributed by atoms with Crippen LogP contribution in [0.2, 0.25) is 0 Å². The molecule has 1 heterocycles. The topological polar surface area (TPSA) is 88.6 Å². The van der Waals surface area contributed by atoms with Crippen molar-refractivity contribution in [2.75, 3.05) is 5.32 Å². The van der Waals surface area contributed by atoms with E-state index < -0.39 is 10.8 Å². The van der Waals surface area contributed by atoms with E-state index in [1.165, 1.54) is 0 Å². The van der Waals surface area contributed by atoms with Crippen molar-refractivity contribution in [2.45, 2.75) is 4.90 Å². The van der Waals surface area contributed by atoms with Gasteiger partial charge in [0, 0.05) is 11.1 Å². The minimum Gasteiger partial charge on any atom is -0.327 e. The van der Waals surface area contributed by atoms with E-state index in [0.29, 0.717) is 22.4 Å². The average Bonchev–Trinajstić information content (AvgIpc) is 2.46. The van der Waals surface area contributed by atoms with Gasteiger partial charge >= 0.3 is 0 Å². The number of rotatable bonds is 1. The van der Waals surface area contributed by atoms with E-state index in [-0.39, 0.29) is 10.2 Å². The molecule has 3 rings (SSSR count). The van der Waals surface area contributed by atoms with Gasteiger partial charge in [0.1, 0.15) is 4.90 Å². The van der Waals surface area contributed by atoms with Gasteiger partial charge in [0.25, 0.3) is 0 Å². The Morgan fingerprint density at radius 1 is 1.10 bits per heavy atom. The molecule has 0 bridgehead atoms. The number of halogens is 1. The number of nitrogens with one attached hydrogen (secondary N) is 1. The molecular weight excluding hydrogens is 310 g/mol. The monoisotopic (exact) mass is 319 g/mol. The molecule has 0 amide bonds. The summed E-state index contributed by atoms with van der Waals surface area (Å²) >= 11 is 5.84. The third kappa shape index (κ3) is 2.37. The highest BCUT2D eigenvalue weighted by atomic mass is 35.5. The summed E-state index contributed by atoms with van der Waals surface area (Å²) in [6.45, 7) is 0. The third-order valence-electron chi connectivity index (χ3n) is 3.09. The Bertz CT molecular complexity index is 799. The molecule has 0 spiro atoms. The lowest BCUT2D eigenvalue weighted by Gasteiger charge is -2.33. The van der Waals surface area contributed by atoms with Crippen LogP contribution < -0.4 is 5.32 Å². The zero-order valence-corrected chi connectivity index (χ0v) is 12.2. The normalized spacial score (nSPS) is 17.0. The average molecular weight is 320 g/mol. The van der Waals surface area contributed by atoms with Crippen LogP contribution in [0.5, 0.6) is 0 Å². The number of hydrogen-bond donors (Lipinski definition) is 3. The fourth-order valence-electron chi connectivity index (χ4n) is 2.22. The van der Waals surface area contributed by atoms with E-state index in [0.717, 1.165) is 0 Å². The van der Waals surface area contributed by atoms with Crippen molar-refractivity contribution in [3.05, 3.63) is 48.0 Å². The van der Waals surface area contributed by atoms with Crippen LogP contribution in [-0.4, -0.2) is 14.4 Å². The largest absolute Gasteiger partial charge is 0.327 e. The number of nitriles is 1. The number of nitrogens with zero attached hydrogens (tertiary/aromatic N) is 2. The Balaban J connectivity index is 2.27. The van der Waals surface area contributed by atoms with Gasteiger partial charge in [-0.25, -0.2) is 0 Å². The minimum atomic E-state index is -3.33. The van der Waals surface area contributed by atoms with Gasteiger partial charge in [-0.1, -0.05) is 41.1 Å². The van der Waals surface area contributed by atoms with Gasteiger partial charge in [-0.2, -0.15) is 5.26 Å². The molecule has 0 aliphatic carbocycles. The van der Waals surface area contributed by atoms with Gasteiger partial charge in [0.2, 0.25) is 5.29 Å². The quantitative estimate of drug-likeness (QED) is 0.685. The van der Waals surface area contributed by atoms with Crippen LogP contribution >= 0.6 is 22.4 Å². The second-order valence-corrected chi connectivity index (χ2v) is 6.38. The molecule has 1 aliphatic heterocycles. The van der Waals surface area contributed by atoms with E-state index in [1.807, 2.05) is 6.07 Å². The third-order valence-corrected chi connectivity index (χ3v) is 4.74. The van der Waals surface area contributed by atoms with Crippen LogP contribution in [0.15, 0.2) is 51.8 Å². The predicted octanol–water partition coefficient (Wildman–Crippen LogP) is 4.27. The highest BCUT2D eigenvalue weighted by Crippen LogP contribution is 2.57. The predicted molar refractivity (Wildman–Crippen MR) is 84.6 cm³/mol. The minimum absolute atomic E-state index is 0.0932. The van der Waals surface area contributed by atoms with Crippen molar-refractivity contribution in [1.29, 1.82) is 5.26 Å². The van der Waals surface area contributed by atoms with E-state index in [4.69, 9.17) is 11.6 Å². The first kappa shape index (κ1) is 13.9. The number of amidine groups is 1. The number of anilines is 1. The summed E-state index contributed by atoms with van der Waals surface area (Å²) < 4.78 is 23.7. The molecule has 5 nitrogen and oxygen atoms in total. The maximum absolute atomic E-state index is 10.1. The van der Waals surface area contributed by atoms with Crippen LogP contribution in [0.1, 0.15) is 5.56 Å². The second-order valence-electron chi connectivity index (χ2n) is 4.36. The molecule has 7 heteroatoms. The molecular formula is C14H10ClN3O2S. The van der Waals surface area contributed by atoms with Crippen molar-refractivity contribution >= 4 is 33.4 Å². The highest BCUT2D eigenvalue weighted by molar-refractivity contribution is 8.23. The van der Waals surface area contributed by atoms with Crippen LogP contribution in [-0.2, 0) is 0 Å². The Morgan fingerprint density at radius 2 is 1.81 bits per heavy atom. The van der Waals surface area contributed by atoms with Crippen LogP contribution in [0.3, 0.4) is 0 Å². The lowest BCUT2D eigenvalue weighted by molar-refractivity contribution is 0.489. The number of benzene rings is 2. The van der Waals surface area contributed by atoms with Gasteiger partial charge in [-0.3, -0.25) is 9.11 Å². The molecule has 3 N–H and O–H groups in total. The molecule has 0 fully saturated rings. The molecule has 106 valence electrons. The highest BCUT2D eigenvalue weighted by Gasteiger charge is 2.27. The Hall–Kier alpha value is -2.04. The number of hydrogen-bond acceptors (Lipinski definition) is 5. The summed E-state index contributed by atoms with van der Waals surface area (Å²) in [5, 5.41) is 12.0. The molecule has 21 heavy (non-hydrogen) atoms.